The van der Waals surface area contributed by atoms with Crippen LogP contribution in [0.4, 0.5) is 0 Å². The van der Waals surface area contributed by atoms with Crippen LogP contribution < -0.4 is 0 Å². The van der Waals surface area contributed by atoms with Crippen LogP contribution in [0.5, 0.6) is 0 Å². The molecule has 2 aliphatic rings. The first-order chi connectivity index (χ1) is 12.9. The monoisotopic (exact) mass is 370 g/mol. The van der Waals surface area contributed by atoms with Gasteiger partial charge < -0.3 is 9.84 Å². The van der Waals surface area contributed by atoms with E-state index in [1.165, 1.54) is 12.8 Å². The van der Waals surface area contributed by atoms with Gasteiger partial charge in [-0.2, -0.15) is 0 Å². The molecule has 148 valence electrons. The number of fused-ring (bicyclic) bond motifs is 1. The molecular formula is C24H34O3. The topological polar surface area (TPSA) is 46.5 Å². The molecule has 0 amide bonds. The smallest absolute Gasteiger partial charge is 0.338 e. The normalized spacial score (nSPS) is 32.8. The Morgan fingerprint density at radius 1 is 1.26 bits per heavy atom. The second kappa shape index (κ2) is 8.60. The summed E-state index contributed by atoms with van der Waals surface area (Å²) in [6, 6.07) is 9.35. The number of carbonyl (C=O) groups excluding carboxylic acids is 1. The van der Waals surface area contributed by atoms with Crippen molar-refractivity contribution in [2.24, 2.45) is 23.2 Å². The third-order valence-corrected chi connectivity index (χ3v) is 6.96. The van der Waals surface area contributed by atoms with E-state index in [0.29, 0.717) is 29.7 Å². The Morgan fingerprint density at radius 3 is 2.70 bits per heavy atom. The van der Waals surface area contributed by atoms with Gasteiger partial charge in [0.25, 0.3) is 0 Å². The summed E-state index contributed by atoms with van der Waals surface area (Å²) in [6.45, 7) is 6.54. The van der Waals surface area contributed by atoms with Gasteiger partial charge in [-0.05, 0) is 74.8 Å². The van der Waals surface area contributed by atoms with Crippen LogP contribution in [0, 0.1) is 23.2 Å². The molecule has 0 heterocycles. The van der Waals surface area contributed by atoms with Gasteiger partial charge in [-0.15, -0.1) is 0 Å². The third-order valence-electron chi connectivity index (χ3n) is 6.96. The van der Waals surface area contributed by atoms with Crippen LogP contribution in [0.2, 0.25) is 0 Å². The van der Waals surface area contributed by atoms with Gasteiger partial charge in [-0.1, -0.05) is 44.2 Å². The van der Waals surface area contributed by atoms with Gasteiger partial charge >= 0.3 is 5.97 Å². The second-order valence-electron chi connectivity index (χ2n) is 8.87. The van der Waals surface area contributed by atoms with Gasteiger partial charge in [0.1, 0.15) is 6.10 Å². The molecule has 0 bridgehead atoms. The molecule has 6 atom stereocenters. The number of hydrogen-bond donors (Lipinski definition) is 1. The molecule has 1 aromatic rings. The highest BCUT2D eigenvalue weighted by Crippen LogP contribution is 2.58. The zero-order chi connectivity index (χ0) is 19.4. The molecule has 3 rings (SSSR count). The maximum atomic E-state index is 12.6. The van der Waals surface area contributed by atoms with Gasteiger partial charge in [-0.3, -0.25) is 0 Å². The first-order valence-corrected chi connectivity index (χ1v) is 10.5. The third kappa shape index (κ3) is 4.45. The van der Waals surface area contributed by atoms with Crippen molar-refractivity contribution < 1.29 is 14.6 Å². The second-order valence-corrected chi connectivity index (χ2v) is 8.87. The molecule has 3 heteroatoms. The van der Waals surface area contributed by atoms with Crippen molar-refractivity contribution in [2.75, 3.05) is 0 Å². The number of aliphatic hydroxyl groups is 1. The van der Waals surface area contributed by atoms with Gasteiger partial charge in [0.2, 0.25) is 0 Å². The lowest BCUT2D eigenvalue weighted by molar-refractivity contribution is -0.0444. The van der Waals surface area contributed by atoms with E-state index in [2.05, 4.69) is 26.0 Å². The van der Waals surface area contributed by atoms with E-state index >= 15 is 0 Å². The Kier molecular flexibility index (Phi) is 6.41. The zero-order valence-electron chi connectivity index (χ0n) is 16.9. The summed E-state index contributed by atoms with van der Waals surface area (Å²) in [4.78, 5) is 12.6. The summed E-state index contributed by atoms with van der Waals surface area (Å²) in [5.74, 6) is 1.38. The summed E-state index contributed by atoms with van der Waals surface area (Å²) in [5.41, 5.74) is 0.878. The number of hydrogen-bond acceptors (Lipinski definition) is 3. The van der Waals surface area contributed by atoms with Crippen LogP contribution in [0.25, 0.3) is 0 Å². The minimum atomic E-state index is -0.281. The Hall–Kier alpha value is -1.61. The Labute approximate surface area is 163 Å². The summed E-state index contributed by atoms with van der Waals surface area (Å²) in [7, 11) is 0. The quantitative estimate of drug-likeness (QED) is 0.539. The zero-order valence-corrected chi connectivity index (χ0v) is 16.9. The summed E-state index contributed by atoms with van der Waals surface area (Å²) >= 11 is 0. The van der Waals surface area contributed by atoms with Crippen molar-refractivity contribution >= 4 is 5.97 Å². The van der Waals surface area contributed by atoms with Crippen LogP contribution in [-0.2, 0) is 4.74 Å². The highest BCUT2D eigenvalue weighted by molar-refractivity contribution is 5.89. The fraction of sp³-hybridized carbons (Fsp3) is 0.625. The van der Waals surface area contributed by atoms with Crippen LogP contribution in [0.3, 0.4) is 0 Å². The van der Waals surface area contributed by atoms with Gasteiger partial charge in [-0.25, -0.2) is 4.79 Å². The largest absolute Gasteiger partial charge is 0.458 e. The van der Waals surface area contributed by atoms with Crippen LogP contribution in [0.1, 0.15) is 69.7 Å². The maximum absolute atomic E-state index is 12.6. The van der Waals surface area contributed by atoms with Crippen molar-refractivity contribution in [3.8, 4) is 0 Å². The van der Waals surface area contributed by atoms with Crippen LogP contribution in [-0.4, -0.2) is 23.3 Å². The van der Waals surface area contributed by atoms with Crippen LogP contribution in [0.15, 0.2) is 42.5 Å². The van der Waals surface area contributed by atoms with Crippen molar-refractivity contribution in [1.82, 2.24) is 0 Å². The predicted molar refractivity (Wildman–Crippen MR) is 108 cm³/mol. The predicted octanol–water partition coefficient (Wildman–Crippen LogP) is 5.39. The summed E-state index contributed by atoms with van der Waals surface area (Å²) in [5, 5.41) is 9.48. The number of benzene rings is 1. The molecule has 1 aromatic carbocycles. The van der Waals surface area contributed by atoms with E-state index in [0.717, 1.165) is 19.3 Å². The minimum Gasteiger partial charge on any atom is -0.458 e. The highest BCUT2D eigenvalue weighted by atomic mass is 16.5. The molecule has 2 fully saturated rings. The molecule has 27 heavy (non-hydrogen) atoms. The maximum Gasteiger partial charge on any atom is 0.338 e. The van der Waals surface area contributed by atoms with Crippen molar-refractivity contribution in [3.63, 3.8) is 0 Å². The lowest BCUT2D eigenvalue weighted by atomic mass is 9.62. The Balaban J connectivity index is 1.68. The molecule has 0 spiro atoms. The number of rotatable bonds is 6. The fourth-order valence-electron chi connectivity index (χ4n) is 5.57. The molecule has 0 radical (unpaired) electrons. The summed E-state index contributed by atoms with van der Waals surface area (Å²) in [6.07, 6.45) is 10.5. The van der Waals surface area contributed by atoms with Crippen molar-refractivity contribution in [2.45, 2.75) is 71.5 Å². The molecule has 1 N–H and O–H groups in total. The number of aliphatic hydroxyl groups excluding tert-OH is 1. The molecule has 0 unspecified atom stereocenters. The van der Waals surface area contributed by atoms with E-state index in [1.807, 2.05) is 37.3 Å². The lowest BCUT2D eigenvalue weighted by Crippen LogP contribution is -2.43. The summed E-state index contributed by atoms with van der Waals surface area (Å²) < 4.78 is 6.01. The fourth-order valence-corrected chi connectivity index (χ4v) is 5.57. The molecule has 3 nitrogen and oxygen atoms in total. The lowest BCUT2D eigenvalue weighted by Gasteiger charge is -2.45. The molecule has 0 aliphatic heterocycles. The van der Waals surface area contributed by atoms with Crippen molar-refractivity contribution in [1.29, 1.82) is 0 Å². The van der Waals surface area contributed by atoms with E-state index < -0.39 is 0 Å². The molecule has 0 saturated heterocycles. The van der Waals surface area contributed by atoms with Gasteiger partial charge in [0.05, 0.1) is 11.7 Å². The molecule has 2 aliphatic carbocycles. The molecule has 2 saturated carbocycles. The first kappa shape index (κ1) is 20.1. The number of esters is 1. The molecule has 0 aromatic heterocycles. The first-order valence-electron chi connectivity index (χ1n) is 10.5. The number of allylic oxidation sites excluding steroid dienone is 1. The van der Waals surface area contributed by atoms with E-state index in [4.69, 9.17) is 4.74 Å². The Morgan fingerprint density at radius 2 is 2.00 bits per heavy atom. The van der Waals surface area contributed by atoms with Crippen molar-refractivity contribution in [3.05, 3.63) is 48.0 Å². The van der Waals surface area contributed by atoms with Crippen LogP contribution >= 0.6 is 0 Å². The average Bonchev–Trinajstić information content (AvgIpc) is 3.00. The number of carbonyl (C=O) groups is 1. The standard InChI is InChI=1S/C24H34O3/c1-17(9-7-10-18(2)25)20-14-15-21-22(13-8-16-24(20,21)3)27-23(26)19-11-5-4-6-12-19/h4-7,9,11-12,17-18,20-22,25H,8,10,13-16H2,1-3H3/t17-,18+,20-,21+,22+,24-/m1/s1. The van der Waals surface area contributed by atoms with E-state index in [1.54, 1.807) is 0 Å². The Bertz CT molecular complexity index is 651. The van der Waals surface area contributed by atoms with E-state index in [-0.39, 0.29) is 23.6 Å². The van der Waals surface area contributed by atoms with Gasteiger partial charge in [0, 0.05) is 5.92 Å². The minimum absolute atomic E-state index is 0.0371. The average molecular weight is 371 g/mol. The van der Waals surface area contributed by atoms with E-state index in [9.17, 15) is 9.90 Å². The SMILES string of the molecule is C[C@H](O)CC=C[C@@H](C)[C@H]1CC[C@H]2[C@@H](OC(=O)c3ccccc3)CCC[C@]12C. The molecular weight excluding hydrogens is 336 g/mol. The highest BCUT2D eigenvalue weighted by Gasteiger charge is 2.53. The van der Waals surface area contributed by atoms with Gasteiger partial charge in [0.15, 0.2) is 0 Å². The number of ether oxygens (including phenoxy) is 1.